The van der Waals surface area contributed by atoms with Crippen molar-refractivity contribution < 1.29 is 0 Å². The first-order valence-corrected chi connectivity index (χ1v) is 9.07. The van der Waals surface area contributed by atoms with Crippen molar-refractivity contribution in [2.24, 2.45) is 0 Å². The van der Waals surface area contributed by atoms with Crippen LogP contribution < -0.4 is 5.32 Å². The molecule has 4 rings (SSSR count). The van der Waals surface area contributed by atoms with Gasteiger partial charge in [-0.3, -0.25) is 4.68 Å². The number of nitrogens with one attached hydrogen (secondary N) is 1. The van der Waals surface area contributed by atoms with Gasteiger partial charge in [0, 0.05) is 47.6 Å². The van der Waals surface area contributed by atoms with Crippen molar-refractivity contribution in [2.75, 3.05) is 13.1 Å². The van der Waals surface area contributed by atoms with Crippen molar-refractivity contribution in [2.45, 2.75) is 50.5 Å². The highest BCUT2D eigenvalue weighted by Crippen LogP contribution is 2.43. The minimum absolute atomic E-state index is 0.401. The molecule has 2 heterocycles. The van der Waals surface area contributed by atoms with Gasteiger partial charge in [-0.2, -0.15) is 5.10 Å². The summed E-state index contributed by atoms with van der Waals surface area (Å²) in [6.45, 7) is 6.47. The molecule has 1 aromatic heterocycles. The van der Waals surface area contributed by atoms with Gasteiger partial charge >= 0.3 is 0 Å². The summed E-state index contributed by atoms with van der Waals surface area (Å²) in [5.74, 6) is 1.64. The lowest BCUT2D eigenvalue weighted by molar-refractivity contribution is 0.477. The summed E-state index contributed by atoms with van der Waals surface area (Å²) in [6.07, 6.45) is 2.60. The first-order valence-electron chi connectivity index (χ1n) is 8.69. The predicted octanol–water partition coefficient (Wildman–Crippen LogP) is 4.47. The predicted molar refractivity (Wildman–Crippen MR) is 94.4 cm³/mol. The first kappa shape index (κ1) is 15.2. The number of hydrogen-bond acceptors (Lipinski definition) is 2. The molecule has 0 spiro atoms. The van der Waals surface area contributed by atoms with Gasteiger partial charge in [-0.1, -0.05) is 23.7 Å². The summed E-state index contributed by atoms with van der Waals surface area (Å²) < 4.78 is 2.25. The molecule has 1 aliphatic carbocycles. The van der Waals surface area contributed by atoms with E-state index in [2.05, 4.69) is 48.1 Å². The third-order valence-corrected chi connectivity index (χ3v) is 5.37. The van der Waals surface area contributed by atoms with E-state index >= 15 is 0 Å². The zero-order valence-corrected chi connectivity index (χ0v) is 14.6. The molecule has 1 aromatic carbocycles. The summed E-state index contributed by atoms with van der Waals surface area (Å²) in [4.78, 5) is 0. The number of halogens is 1. The molecule has 3 nitrogen and oxygen atoms in total. The summed E-state index contributed by atoms with van der Waals surface area (Å²) in [5, 5.41) is 9.32. The van der Waals surface area contributed by atoms with E-state index in [0.29, 0.717) is 23.8 Å². The Labute approximate surface area is 143 Å². The third kappa shape index (κ3) is 2.92. The third-order valence-electron chi connectivity index (χ3n) is 5.14. The molecule has 1 aliphatic heterocycles. The molecule has 0 radical (unpaired) electrons. The highest BCUT2D eigenvalue weighted by molar-refractivity contribution is 6.30. The Kier molecular flexibility index (Phi) is 3.94. The number of nitrogens with zero attached hydrogens (tertiary/aromatic N) is 2. The lowest BCUT2D eigenvalue weighted by atomic mass is 9.86. The highest BCUT2D eigenvalue weighted by Gasteiger charge is 2.35. The maximum Gasteiger partial charge on any atom is 0.0658 e. The van der Waals surface area contributed by atoms with Crippen molar-refractivity contribution in [1.82, 2.24) is 15.1 Å². The largest absolute Gasteiger partial charge is 0.315 e. The fourth-order valence-corrected chi connectivity index (χ4v) is 3.97. The van der Waals surface area contributed by atoms with Crippen LogP contribution in [0.5, 0.6) is 0 Å². The maximum atomic E-state index is 6.21. The smallest absolute Gasteiger partial charge is 0.0658 e. The van der Waals surface area contributed by atoms with Gasteiger partial charge in [0.15, 0.2) is 0 Å². The molecule has 1 N–H and O–H groups in total. The minimum Gasteiger partial charge on any atom is -0.315 e. The van der Waals surface area contributed by atoms with Crippen LogP contribution in [0, 0.1) is 0 Å². The van der Waals surface area contributed by atoms with Crippen molar-refractivity contribution >= 4 is 11.6 Å². The van der Waals surface area contributed by atoms with E-state index in [1.165, 1.54) is 29.8 Å². The quantitative estimate of drug-likeness (QED) is 0.897. The van der Waals surface area contributed by atoms with Crippen LogP contribution in [0.15, 0.2) is 30.3 Å². The Morgan fingerprint density at radius 1 is 1.17 bits per heavy atom. The van der Waals surface area contributed by atoms with Gasteiger partial charge < -0.3 is 5.32 Å². The number of aromatic nitrogens is 2. The molecule has 0 amide bonds. The van der Waals surface area contributed by atoms with E-state index in [9.17, 15) is 0 Å². The van der Waals surface area contributed by atoms with Gasteiger partial charge in [0.2, 0.25) is 0 Å². The van der Waals surface area contributed by atoms with Crippen LogP contribution in [0.1, 0.15) is 67.4 Å². The molecule has 4 heteroatoms. The Morgan fingerprint density at radius 2 is 1.96 bits per heavy atom. The molecule has 122 valence electrons. The number of benzene rings is 1. The number of rotatable bonds is 4. The highest BCUT2D eigenvalue weighted by atomic mass is 35.5. The van der Waals surface area contributed by atoms with Gasteiger partial charge in [-0.15, -0.1) is 0 Å². The Bertz CT molecular complexity index is 702. The molecule has 2 fully saturated rings. The van der Waals surface area contributed by atoms with E-state index < -0.39 is 0 Å². The SMILES string of the molecule is CC(C)n1nc(C2CC2)cc1C1CNCC1c1cccc(Cl)c1. The molecule has 2 aliphatic rings. The van der Waals surface area contributed by atoms with Gasteiger partial charge in [0.25, 0.3) is 0 Å². The molecule has 0 bridgehead atoms. The molecule has 2 aromatic rings. The van der Waals surface area contributed by atoms with Crippen LogP contribution in [-0.2, 0) is 0 Å². The molecule has 2 unspecified atom stereocenters. The second-order valence-electron chi connectivity index (χ2n) is 7.23. The van der Waals surface area contributed by atoms with Crippen LogP contribution in [0.4, 0.5) is 0 Å². The van der Waals surface area contributed by atoms with E-state index in [1.54, 1.807) is 0 Å². The van der Waals surface area contributed by atoms with E-state index in [0.717, 1.165) is 18.1 Å². The normalized spacial score (nSPS) is 24.5. The maximum absolute atomic E-state index is 6.21. The number of hydrogen-bond donors (Lipinski definition) is 1. The average molecular weight is 330 g/mol. The molecule has 1 saturated carbocycles. The minimum atomic E-state index is 0.401. The molecular formula is C19H24ClN3. The average Bonchev–Trinajstić information content (AvgIpc) is 3.10. The van der Waals surface area contributed by atoms with Crippen LogP contribution in [-0.4, -0.2) is 22.9 Å². The van der Waals surface area contributed by atoms with Crippen molar-refractivity contribution in [3.8, 4) is 0 Å². The topological polar surface area (TPSA) is 29.9 Å². The zero-order valence-electron chi connectivity index (χ0n) is 13.8. The first-order chi connectivity index (χ1) is 11.1. The summed E-state index contributed by atoms with van der Waals surface area (Å²) in [6, 6.07) is 11.1. The van der Waals surface area contributed by atoms with Crippen LogP contribution in [0.2, 0.25) is 5.02 Å². The van der Waals surface area contributed by atoms with Crippen molar-refractivity contribution in [1.29, 1.82) is 0 Å². The molecule has 2 atom stereocenters. The van der Waals surface area contributed by atoms with Crippen LogP contribution in [0.3, 0.4) is 0 Å². The second-order valence-corrected chi connectivity index (χ2v) is 7.67. The standard InChI is InChI=1S/C19H24ClN3/c1-12(2)23-19(9-18(22-23)13-6-7-13)17-11-21-10-16(17)14-4-3-5-15(20)8-14/h3-5,8-9,12-13,16-17,21H,6-7,10-11H2,1-2H3. The van der Waals surface area contributed by atoms with Gasteiger partial charge in [0.1, 0.15) is 0 Å². The summed E-state index contributed by atoms with van der Waals surface area (Å²) >= 11 is 6.21. The Morgan fingerprint density at radius 3 is 2.65 bits per heavy atom. The van der Waals surface area contributed by atoms with Gasteiger partial charge in [0.05, 0.1) is 5.69 Å². The molecule has 23 heavy (non-hydrogen) atoms. The van der Waals surface area contributed by atoms with Crippen LogP contribution >= 0.6 is 11.6 Å². The van der Waals surface area contributed by atoms with Crippen molar-refractivity contribution in [3.63, 3.8) is 0 Å². The van der Waals surface area contributed by atoms with Gasteiger partial charge in [-0.05, 0) is 50.5 Å². The Balaban J connectivity index is 1.71. The summed E-state index contributed by atoms with van der Waals surface area (Å²) in [5.41, 5.74) is 4.01. The second kappa shape index (κ2) is 5.95. The van der Waals surface area contributed by atoms with E-state index in [-0.39, 0.29) is 0 Å². The van der Waals surface area contributed by atoms with Crippen molar-refractivity contribution in [3.05, 3.63) is 52.3 Å². The van der Waals surface area contributed by atoms with E-state index in [1.807, 2.05) is 6.07 Å². The lowest BCUT2D eigenvalue weighted by Crippen LogP contribution is -2.16. The monoisotopic (exact) mass is 329 g/mol. The fraction of sp³-hybridized carbons (Fsp3) is 0.526. The van der Waals surface area contributed by atoms with E-state index in [4.69, 9.17) is 16.7 Å². The zero-order chi connectivity index (χ0) is 16.0. The molecular weight excluding hydrogens is 306 g/mol. The Hall–Kier alpha value is -1.32. The van der Waals surface area contributed by atoms with Crippen LogP contribution in [0.25, 0.3) is 0 Å². The van der Waals surface area contributed by atoms with Gasteiger partial charge in [-0.25, -0.2) is 0 Å². The lowest BCUT2D eigenvalue weighted by Gasteiger charge is -2.22. The molecule has 1 saturated heterocycles. The summed E-state index contributed by atoms with van der Waals surface area (Å²) in [7, 11) is 0. The fourth-order valence-electron chi connectivity index (χ4n) is 3.77.